The van der Waals surface area contributed by atoms with Crippen LogP contribution in [0.15, 0.2) is 70.8 Å². The number of alkyl halides is 3. The van der Waals surface area contributed by atoms with Gasteiger partial charge in [-0.1, -0.05) is 12.1 Å². The number of imidazole rings is 1. The SMILES string of the molecule is Cc1c(OCC(F)(F)F)ccnc1C[S+]([O-])c1nc2ccccc2n1S(=O)(=O)c1ccc(OCC(C)(C)C(=O)O)cc1.[Na]. The van der Waals surface area contributed by atoms with Crippen LogP contribution in [-0.2, 0) is 31.7 Å². The first-order valence-electron chi connectivity index (χ1n) is 12.3. The van der Waals surface area contributed by atoms with E-state index in [1.807, 2.05) is 0 Å². The van der Waals surface area contributed by atoms with Crippen molar-refractivity contribution in [2.75, 3.05) is 13.2 Å². The van der Waals surface area contributed by atoms with Crippen LogP contribution in [0.3, 0.4) is 0 Å². The summed E-state index contributed by atoms with van der Waals surface area (Å²) in [6, 6.07) is 12.8. The molecule has 1 unspecified atom stereocenters. The van der Waals surface area contributed by atoms with Gasteiger partial charge in [-0.25, -0.2) is 8.42 Å². The molecular weight excluding hydrogens is 622 g/mol. The maximum absolute atomic E-state index is 13.8. The predicted octanol–water partition coefficient (Wildman–Crippen LogP) is 4.33. The van der Waals surface area contributed by atoms with Crippen LogP contribution >= 0.6 is 0 Å². The molecule has 0 aliphatic heterocycles. The number of aliphatic carboxylic acids is 1. The van der Waals surface area contributed by atoms with Crippen molar-refractivity contribution in [3.8, 4) is 11.5 Å². The van der Waals surface area contributed by atoms with E-state index in [9.17, 15) is 36.0 Å². The van der Waals surface area contributed by atoms with Crippen LogP contribution in [0.1, 0.15) is 25.1 Å². The number of carbonyl (C=O) groups is 1. The first-order chi connectivity index (χ1) is 19.6. The number of fused-ring (bicyclic) bond motifs is 1. The average molecular weight is 649 g/mol. The van der Waals surface area contributed by atoms with E-state index in [2.05, 4.69) is 9.97 Å². The summed E-state index contributed by atoms with van der Waals surface area (Å²) in [7, 11) is -4.37. The van der Waals surface area contributed by atoms with E-state index < -0.39 is 45.4 Å². The van der Waals surface area contributed by atoms with Gasteiger partial charge in [0.05, 0.1) is 27.0 Å². The molecule has 0 amide bonds. The number of benzene rings is 2. The van der Waals surface area contributed by atoms with E-state index in [0.717, 1.165) is 3.97 Å². The molecule has 0 saturated carbocycles. The van der Waals surface area contributed by atoms with E-state index in [-0.39, 0.29) is 85.8 Å². The molecule has 2 aromatic heterocycles. The van der Waals surface area contributed by atoms with E-state index in [0.29, 0.717) is 0 Å². The molecule has 1 N–H and O–H groups in total. The minimum Gasteiger partial charge on any atom is -0.609 e. The Bertz CT molecular complexity index is 1710. The molecule has 43 heavy (non-hydrogen) atoms. The number of pyridine rings is 1. The van der Waals surface area contributed by atoms with Gasteiger partial charge in [0.25, 0.3) is 10.0 Å². The fourth-order valence-corrected chi connectivity index (χ4v) is 6.75. The number of carboxylic acid groups (broad SMARTS) is 1. The molecular formula is C27H26F3N3NaO7S2. The molecule has 10 nitrogen and oxygen atoms in total. The quantitative estimate of drug-likeness (QED) is 0.186. The van der Waals surface area contributed by atoms with Crippen LogP contribution < -0.4 is 9.47 Å². The summed E-state index contributed by atoms with van der Waals surface area (Å²) >= 11 is -2.11. The largest absolute Gasteiger partial charge is 0.609 e. The van der Waals surface area contributed by atoms with Gasteiger partial charge in [-0.05, 0) is 63.2 Å². The Morgan fingerprint density at radius 2 is 1.70 bits per heavy atom. The summed E-state index contributed by atoms with van der Waals surface area (Å²) in [6.45, 7) is 2.77. The standard InChI is InChI=1S/C27H26F3N3O7S2.Na/c1-17-21(31-13-12-23(17)40-16-27(28,29)30)14-41(36)25-32-20-6-4-5-7-22(20)33(25)42(37,38)19-10-8-18(9-11-19)39-15-26(2,3)24(34)35;/h4-13H,14-16H2,1-3H3,(H,34,35);. The molecule has 0 saturated heterocycles. The van der Waals surface area contributed by atoms with Gasteiger partial charge in [-0.15, -0.1) is 0 Å². The second-order valence-corrected chi connectivity index (χ2v) is 13.0. The topological polar surface area (TPSA) is 144 Å². The Hall–Kier alpha value is -2.82. The second-order valence-electron chi connectivity index (χ2n) is 9.88. The third-order valence-electron chi connectivity index (χ3n) is 6.15. The van der Waals surface area contributed by atoms with Gasteiger partial charge in [0.2, 0.25) is 0 Å². The van der Waals surface area contributed by atoms with Crippen molar-refractivity contribution in [2.45, 2.75) is 42.8 Å². The van der Waals surface area contributed by atoms with Crippen molar-refractivity contribution in [2.24, 2.45) is 5.41 Å². The molecule has 0 aliphatic rings. The summed E-state index contributed by atoms with van der Waals surface area (Å²) in [6.07, 6.45) is -3.34. The van der Waals surface area contributed by atoms with E-state index in [1.165, 1.54) is 63.4 Å². The molecule has 1 atom stereocenters. The first kappa shape index (κ1) is 34.7. The number of para-hydroxylation sites is 2. The summed E-state index contributed by atoms with van der Waals surface area (Å²) in [4.78, 5) is 19.6. The minimum atomic E-state index is -4.56. The Morgan fingerprint density at radius 1 is 1.05 bits per heavy atom. The van der Waals surface area contributed by atoms with Crippen molar-refractivity contribution in [1.82, 2.24) is 13.9 Å². The van der Waals surface area contributed by atoms with Gasteiger partial charge in [0.15, 0.2) is 12.4 Å². The van der Waals surface area contributed by atoms with Gasteiger partial charge < -0.3 is 19.1 Å². The molecule has 4 aromatic rings. The van der Waals surface area contributed by atoms with E-state index in [4.69, 9.17) is 9.47 Å². The van der Waals surface area contributed by atoms with Gasteiger partial charge >= 0.3 is 17.3 Å². The van der Waals surface area contributed by atoms with Gasteiger partial charge in [-0.3, -0.25) is 9.78 Å². The van der Waals surface area contributed by atoms with Crippen LogP contribution in [0, 0.1) is 12.3 Å². The molecule has 1 radical (unpaired) electrons. The van der Waals surface area contributed by atoms with Gasteiger partial charge in [-0.2, -0.15) is 22.1 Å². The maximum atomic E-state index is 13.8. The second kappa shape index (κ2) is 13.4. The zero-order valence-electron chi connectivity index (χ0n) is 23.6. The molecule has 16 heteroatoms. The number of nitrogens with zero attached hydrogens (tertiary/aromatic N) is 3. The molecule has 0 spiro atoms. The van der Waals surface area contributed by atoms with Crippen molar-refractivity contribution in [3.63, 3.8) is 0 Å². The Balaban J connectivity index is 0.00000506. The fourth-order valence-electron chi connectivity index (χ4n) is 3.71. The number of halogens is 3. The normalized spacial score (nSPS) is 12.9. The summed E-state index contributed by atoms with van der Waals surface area (Å²) in [5, 5.41) is 8.96. The number of carboxylic acids is 1. The first-order valence-corrected chi connectivity index (χ1v) is 15.1. The summed E-state index contributed by atoms with van der Waals surface area (Å²) in [5.41, 5.74) is -0.378. The molecule has 0 bridgehead atoms. The third-order valence-corrected chi connectivity index (χ3v) is 9.20. The van der Waals surface area contributed by atoms with Crippen molar-refractivity contribution < 1.29 is 45.5 Å². The Labute approximate surface area is 270 Å². The molecule has 0 fully saturated rings. The molecule has 4 rings (SSSR count). The maximum Gasteiger partial charge on any atom is 0.422 e. The van der Waals surface area contributed by atoms with Crippen LogP contribution in [0.25, 0.3) is 11.0 Å². The summed E-state index contributed by atoms with van der Waals surface area (Å²) in [5.74, 6) is -1.25. The third kappa shape index (κ3) is 8.02. The van der Waals surface area contributed by atoms with Crippen LogP contribution in [0.2, 0.25) is 0 Å². The smallest absolute Gasteiger partial charge is 0.422 e. The van der Waals surface area contributed by atoms with Crippen LogP contribution in [0.5, 0.6) is 11.5 Å². The number of aromatic nitrogens is 3. The summed E-state index contributed by atoms with van der Waals surface area (Å²) < 4.78 is 90.4. The molecule has 225 valence electrons. The Morgan fingerprint density at radius 3 is 2.33 bits per heavy atom. The van der Waals surface area contributed by atoms with Crippen molar-refractivity contribution >= 4 is 67.8 Å². The van der Waals surface area contributed by atoms with Crippen molar-refractivity contribution in [3.05, 3.63) is 72.1 Å². The van der Waals surface area contributed by atoms with Gasteiger partial charge in [0.1, 0.15) is 18.1 Å². The molecule has 2 heterocycles. The number of rotatable bonds is 11. The van der Waals surface area contributed by atoms with Crippen LogP contribution in [-0.4, -0.2) is 86.9 Å². The Kier molecular flexibility index (Phi) is 10.8. The molecule has 2 aromatic carbocycles. The zero-order chi connectivity index (χ0) is 30.9. The average Bonchev–Trinajstić information content (AvgIpc) is 3.33. The zero-order valence-corrected chi connectivity index (χ0v) is 27.2. The number of hydrogen-bond acceptors (Lipinski definition) is 8. The number of ether oxygens (including phenoxy) is 2. The van der Waals surface area contributed by atoms with Crippen LogP contribution in [0.4, 0.5) is 13.2 Å². The van der Waals surface area contributed by atoms with Gasteiger partial charge in [0, 0.05) is 52.5 Å². The minimum absolute atomic E-state index is 0. The monoisotopic (exact) mass is 648 g/mol. The van der Waals surface area contributed by atoms with Crippen molar-refractivity contribution in [1.29, 1.82) is 0 Å². The van der Waals surface area contributed by atoms with E-state index >= 15 is 0 Å². The van der Waals surface area contributed by atoms with E-state index in [1.54, 1.807) is 18.2 Å². The fraction of sp³-hybridized carbons (Fsp3) is 0.296. The predicted molar refractivity (Wildman–Crippen MR) is 152 cm³/mol. The molecule has 0 aliphatic carbocycles. The number of hydrogen-bond donors (Lipinski definition) is 1.